The first-order chi connectivity index (χ1) is 8.56. The summed E-state index contributed by atoms with van der Waals surface area (Å²) in [5.41, 5.74) is -0.306. The van der Waals surface area contributed by atoms with Crippen molar-refractivity contribution in [1.82, 2.24) is 15.1 Å². The van der Waals surface area contributed by atoms with Crippen LogP contribution in [0.5, 0.6) is 0 Å². The van der Waals surface area contributed by atoms with Gasteiger partial charge in [-0.05, 0) is 39.9 Å². The number of hydrogen-bond acceptors (Lipinski definition) is 4. The first-order valence-electron chi connectivity index (χ1n) is 7.15. The number of nitrogens with zero attached hydrogens (tertiary/aromatic N) is 3. The van der Waals surface area contributed by atoms with Crippen LogP contribution in [-0.4, -0.2) is 61.2 Å². The minimum absolute atomic E-state index is 0.306. The molecule has 0 radical (unpaired) electrons. The topological polar surface area (TPSA) is 42.3 Å². The van der Waals surface area contributed by atoms with Gasteiger partial charge in [0.05, 0.1) is 6.07 Å². The fourth-order valence-electron chi connectivity index (χ4n) is 2.64. The predicted molar refractivity (Wildman–Crippen MR) is 75.5 cm³/mol. The summed E-state index contributed by atoms with van der Waals surface area (Å²) in [5.74, 6) is 0. The normalized spacial score (nSPS) is 29.4. The van der Waals surface area contributed by atoms with Gasteiger partial charge in [-0.2, -0.15) is 5.26 Å². The molecule has 1 fully saturated rings. The number of piperidine rings is 1. The van der Waals surface area contributed by atoms with Crippen molar-refractivity contribution < 1.29 is 0 Å². The second-order valence-electron chi connectivity index (χ2n) is 5.43. The van der Waals surface area contributed by atoms with Gasteiger partial charge in [0, 0.05) is 25.7 Å². The number of nitrogens with one attached hydrogen (secondary N) is 1. The Labute approximate surface area is 112 Å². The van der Waals surface area contributed by atoms with Crippen LogP contribution >= 0.6 is 0 Å². The molecule has 4 heteroatoms. The lowest BCUT2D eigenvalue weighted by Gasteiger charge is -2.41. The van der Waals surface area contributed by atoms with Gasteiger partial charge in [-0.3, -0.25) is 5.32 Å². The molecule has 1 rings (SSSR count). The van der Waals surface area contributed by atoms with Crippen molar-refractivity contribution in [3.63, 3.8) is 0 Å². The zero-order valence-electron chi connectivity index (χ0n) is 12.4. The lowest BCUT2D eigenvalue weighted by Crippen LogP contribution is -2.56. The van der Waals surface area contributed by atoms with Crippen molar-refractivity contribution in [2.45, 2.75) is 45.2 Å². The lowest BCUT2D eigenvalue weighted by atomic mass is 9.85. The van der Waals surface area contributed by atoms with Crippen LogP contribution in [0.4, 0.5) is 0 Å². The monoisotopic (exact) mass is 252 g/mol. The van der Waals surface area contributed by atoms with Gasteiger partial charge in [-0.15, -0.1) is 0 Å². The van der Waals surface area contributed by atoms with Gasteiger partial charge in [0.15, 0.2) is 0 Å². The van der Waals surface area contributed by atoms with E-state index < -0.39 is 0 Å². The number of likely N-dealkylation sites (N-methyl/N-ethyl adjacent to an activating group) is 1. The Morgan fingerprint density at radius 1 is 1.44 bits per heavy atom. The number of rotatable bonds is 6. The lowest BCUT2D eigenvalue weighted by molar-refractivity contribution is 0.135. The van der Waals surface area contributed by atoms with Crippen LogP contribution in [0, 0.1) is 11.3 Å². The van der Waals surface area contributed by atoms with E-state index in [-0.39, 0.29) is 5.54 Å². The quantitative estimate of drug-likeness (QED) is 0.773. The third kappa shape index (κ3) is 3.94. The van der Waals surface area contributed by atoms with Crippen molar-refractivity contribution in [2.75, 3.05) is 39.8 Å². The van der Waals surface area contributed by atoms with E-state index in [0.717, 1.165) is 45.6 Å². The van der Waals surface area contributed by atoms with E-state index in [1.165, 1.54) is 0 Å². The van der Waals surface area contributed by atoms with Crippen LogP contribution < -0.4 is 5.32 Å². The summed E-state index contributed by atoms with van der Waals surface area (Å²) in [6.45, 7) is 11.7. The highest BCUT2D eigenvalue weighted by atomic mass is 15.2. The maximum atomic E-state index is 9.48. The minimum Gasteiger partial charge on any atom is -0.303 e. The average Bonchev–Trinajstić information content (AvgIpc) is 2.39. The molecule has 4 nitrogen and oxygen atoms in total. The molecule has 0 aromatic rings. The molecule has 1 N–H and O–H groups in total. The second-order valence-corrected chi connectivity index (χ2v) is 5.43. The Morgan fingerprint density at radius 2 is 2.11 bits per heavy atom. The Hall–Kier alpha value is -0.630. The molecule has 0 aliphatic carbocycles. The Morgan fingerprint density at radius 3 is 2.61 bits per heavy atom. The van der Waals surface area contributed by atoms with Crippen LogP contribution in [0.15, 0.2) is 0 Å². The van der Waals surface area contributed by atoms with Gasteiger partial charge < -0.3 is 9.80 Å². The summed E-state index contributed by atoms with van der Waals surface area (Å²) < 4.78 is 0. The summed E-state index contributed by atoms with van der Waals surface area (Å²) in [5, 5.41) is 13.0. The molecule has 1 heterocycles. The fraction of sp³-hybridized carbons (Fsp3) is 0.929. The zero-order valence-corrected chi connectivity index (χ0v) is 12.4. The number of hydrogen-bond donors (Lipinski definition) is 1. The maximum Gasteiger partial charge on any atom is 0.109 e. The van der Waals surface area contributed by atoms with E-state index in [1.54, 1.807) is 0 Å². The molecule has 1 saturated heterocycles. The van der Waals surface area contributed by atoms with Crippen molar-refractivity contribution in [3.05, 3.63) is 0 Å². The molecule has 0 aromatic carbocycles. The zero-order chi connectivity index (χ0) is 13.6. The average molecular weight is 252 g/mol. The summed E-state index contributed by atoms with van der Waals surface area (Å²) in [6.07, 6.45) is 1.86. The van der Waals surface area contributed by atoms with Gasteiger partial charge in [0.2, 0.25) is 0 Å². The molecule has 0 bridgehead atoms. The summed E-state index contributed by atoms with van der Waals surface area (Å²) in [4.78, 5) is 4.72. The highest BCUT2D eigenvalue weighted by Crippen LogP contribution is 2.25. The third-order valence-corrected chi connectivity index (χ3v) is 4.29. The van der Waals surface area contributed by atoms with E-state index in [0.29, 0.717) is 6.04 Å². The SMILES string of the molecule is CCN(CC)CCNC1(C#N)CCN(C)C(C)C1. The van der Waals surface area contributed by atoms with E-state index in [4.69, 9.17) is 0 Å². The summed E-state index contributed by atoms with van der Waals surface area (Å²) in [7, 11) is 2.14. The Bertz CT molecular complexity index is 282. The summed E-state index contributed by atoms with van der Waals surface area (Å²) >= 11 is 0. The summed E-state index contributed by atoms with van der Waals surface area (Å²) in [6, 6.07) is 3.01. The fourth-order valence-corrected chi connectivity index (χ4v) is 2.64. The van der Waals surface area contributed by atoms with Crippen LogP contribution in [0.25, 0.3) is 0 Å². The minimum atomic E-state index is -0.306. The smallest absolute Gasteiger partial charge is 0.109 e. The van der Waals surface area contributed by atoms with Crippen molar-refractivity contribution in [1.29, 1.82) is 5.26 Å². The van der Waals surface area contributed by atoms with Gasteiger partial charge in [-0.1, -0.05) is 13.8 Å². The molecular formula is C14H28N4. The number of likely N-dealkylation sites (tertiary alicyclic amines) is 1. The first-order valence-corrected chi connectivity index (χ1v) is 7.15. The van der Waals surface area contributed by atoms with Gasteiger partial charge in [0.1, 0.15) is 5.54 Å². The standard InChI is InChI=1S/C14H28N4/c1-5-18(6-2)10-8-16-14(12-15)7-9-17(4)13(3)11-14/h13,16H,5-11H2,1-4H3. The van der Waals surface area contributed by atoms with Gasteiger partial charge in [0.25, 0.3) is 0 Å². The first kappa shape index (κ1) is 15.4. The van der Waals surface area contributed by atoms with E-state index >= 15 is 0 Å². The van der Waals surface area contributed by atoms with E-state index in [9.17, 15) is 5.26 Å². The molecule has 104 valence electrons. The van der Waals surface area contributed by atoms with Crippen molar-refractivity contribution in [3.8, 4) is 6.07 Å². The highest BCUT2D eigenvalue weighted by Gasteiger charge is 2.36. The molecule has 1 aliphatic heterocycles. The third-order valence-electron chi connectivity index (χ3n) is 4.29. The Kier molecular flexibility index (Phi) is 6.07. The molecule has 0 spiro atoms. The molecule has 0 amide bonds. The molecule has 2 unspecified atom stereocenters. The van der Waals surface area contributed by atoms with Gasteiger partial charge >= 0.3 is 0 Å². The maximum absolute atomic E-state index is 9.48. The highest BCUT2D eigenvalue weighted by molar-refractivity contribution is 5.11. The number of nitriles is 1. The molecule has 1 aliphatic rings. The molecule has 0 aromatic heterocycles. The van der Waals surface area contributed by atoms with Crippen molar-refractivity contribution in [2.24, 2.45) is 0 Å². The van der Waals surface area contributed by atoms with E-state index in [1.807, 2.05) is 0 Å². The largest absolute Gasteiger partial charge is 0.303 e. The molecular weight excluding hydrogens is 224 g/mol. The molecule has 18 heavy (non-hydrogen) atoms. The van der Waals surface area contributed by atoms with Crippen LogP contribution in [0.3, 0.4) is 0 Å². The predicted octanol–water partition coefficient (Wildman–Crippen LogP) is 1.29. The molecule has 2 atom stereocenters. The Balaban J connectivity index is 2.45. The molecule has 0 saturated carbocycles. The van der Waals surface area contributed by atoms with E-state index in [2.05, 4.69) is 49.0 Å². The van der Waals surface area contributed by atoms with Crippen molar-refractivity contribution >= 4 is 0 Å². The van der Waals surface area contributed by atoms with Gasteiger partial charge in [-0.25, -0.2) is 0 Å². The second kappa shape index (κ2) is 7.08. The van der Waals surface area contributed by atoms with Crippen LogP contribution in [0.2, 0.25) is 0 Å². The van der Waals surface area contributed by atoms with Crippen LogP contribution in [-0.2, 0) is 0 Å². The van der Waals surface area contributed by atoms with Crippen LogP contribution in [0.1, 0.15) is 33.6 Å².